The summed E-state index contributed by atoms with van der Waals surface area (Å²) in [5.74, 6) is 0.483. The predicted molar refractivity (Wildman–Crippen MR) is 71.6 cm³/mol. The van der Waals surface area contributed by atoms with Gasteiger partial charge < -0.3 is 14.8 Å². The van der Waals surface area contributed by atoms with Crippen molar-refractivity contribution in [3.8, 4) is 5.75 Å². The van der Waals surface area contributed by atoms with Gasteiger partial charge in [-0.3, -0.25) is 9.78 Å². The smallest absolute Gasteiger partial charge is 0.323 e. The van der Waals surface area contributed by atoms with Crippen LogP contribution < -0.4 is 10.1 Å². The second kappa shape index (κ2) is 8.13. The van der Waals surface area contributed by atoms with Gasteiger partial charge in [-0.25, -0.2) is 0 Å². The molecule has 18 heavy (non-hydrogen) atoms. The number of pyridine rings is 1. The van der Waals surface area contributed by atoms with Crippen molar-refractivity contribution in [2.24, 2.45) is 0 Å². The molecular weight excluding hydrogens is 279 g/mol. The van der Waals surface area contributed by atoms with Gasteiger partial charge >= 0.3 is 5.97 Å². The summed E-state index contributed by atoms with van der Waals surface area (Å²) in [5.41, 5.74) is 0. The summed E-state index contributed by atoms with van der Waals surface area (Å²) >= 11 is 0. The lowest BCUT2D eigenvalue weighted by atomic mass is 10.2. The van der Waals surface area contributed by atoms with Gasteiger partial charge in [0.2, 0.25) is 0 Å². The van der Waals surface area contributed by atoms with Gasteiger partial charge in [-0.05, 0) is 12.1 Å². The number of carbonyl (C=O) groups excluding carboxylic acids is 1. The van der Waals surface area contributed by atoms with Crippen molar-refractivity contribution in [3.05, 3.63) is 24.5 Å². The molecule has 1 aromatic rings. The molecular formula is C11H16Cl2N2O3. The fourth-order valence-electron chi connectivity index (χ4n) is 1.72. The quantitative estimate of drug-likeness (QED) is 0.849. The van der Waals surface area contributed by atoms with Crippen molar-refractivity contribution >= 4 is 30.8 Å². The number of esters is 1. The molecule has 102 valence electrons. The van der Waals surface area contributed by atoms with Gasteiger partial charge in [0.05, 0.1) is 13.3 Å². The number of nitrogens with zero attached hydrogens (tertiary/aromatic N) is 1. The zero-order valence-electron chi connectivity index (χ0n) is 9.87. The van der Waals surface area contributed by atoms with Gasteiger partial charge in [0.15, 0.2) is 0 Å². The second-order valence-electron chi connectivity index (χ2n) is 3.65. The molecule has 2 atom stereocenters. The van der Waals surface area contributed by atoms with E-state index in [4.69, 9.17) is 4.74 Å². The Balaban J connectivity index is 0.00000144. The molecule has 2 heterocycles. The Labute approximate surface area is 118 Å². The van der Waals surface area contributed by atoms with Crippen LogP contribution in [0.3, 0.4) is 0 Å². The van der Waals surface area contributed by atoms with E-state index < -0.39 is 0 Å². The molecule has 1 fully saturated rings. The summed E-state index contributed by atoms with van der Waals surface area (Å²) in [6, 6.07) is 3.40. The predicted octanol–water partition coefficient (Wildman–Crippen LogP) is 1.21. The van der Waals surface area contributed by atoms with E-state index in [0.717, 1.165) is 5.75 Å². The first-order valence-corrected chi connectivity index (χ1v) is 5.17. The molecule has 0 aliphatic carbocycles. The lowest BCUT2D eigenvalue weighted by Gasteiger charge is -2.11. The average Bonchev–Trinajstić information content (AvgIpc) is 2.78. The number of rotatable bonds is 3. The number of hydrogen-bond acceptors (Lipinski definition) is 5. The molecule has 1 aliphatic rings. The van der Waals surface area contributed by atoms with E-state index in [2.05, 4.69) is 15.0 Å². The minimum absolute atomic E-state index is 0. The Morgan fingerprint density at radius 3 is 2.89 bits per heavy atom. The van der Waals surface area contributed by atoms with Gasteiger partial charge in [-0.1, -0.05) is 0 Å². The maximum atomic E-state index is 11.3. The number of nitrogens with one attached hydrogen (secondary N) is 1. The van der Waals surface area contributed by atoms with Crippen molar-refractivity contribution in [3.63, 3.8) is 0 Å². The fourth-order valence-corrected chi connectivity index (χ4v) is 1.72. The molecule has 1 aliphatic heterocycles. The Hall–Kier alpha value is -1.04. The topological polar surface area (TPSA) is 60.5 Å². The van der Waals surface area contributed by atoms with Crippen molar-refractivity contribution in [1.82, 2.24) is 10.3 Å². The summed E-state index contributed by atoms with van der Waals surface area (Å²) in [6.45, 7) is 0.647. The standard InChI is InChI=1S/C11H14N2O3.2ClH/c1-15-11(14)10-5-9(7-13-10)16-8-3-2-4-12-6-8;;/h2-4,6,9-10,13H,5,7H2,1H3;2*1H. The lowest BCUT2D eigenvalue weighted by molar-refractivity contribution is -0.142. The second-order valence-corrected chi connectivity index (χ2v) is 3.65. The summed E-state index contributed by atoms with van der Waals surface area (Å²) in [5, 5.41) is 3.06. The van der Waals surface area contributed by atoms with Crippen LogP contribution in [0.2, 0.25) is 0 Å². The number of ether oxygens (including phenoxy) is 2. The molecule has 1 aromatic heterocycles. The minimum atomic E-state index is -0.258. The molecule has 0 radical (unpaired) electrons. The maximum Gasteiger partial charge on any atom is 0.323 e. The largest absolute Gasteiger partial charge is 0.487 e. The van der Waals surface area contributed by atoms with E-state index in [9.17, 15) is 4.79 Å². The third-order valence-corrected chi connectivity index (χ3v) is 2.51. The highest BCUT2D eigenvalue weighted by Crippen LogP contribution is 2.16. The van der Waals surface area contributed by atoms with Crippen LogP contribution in [-0.4, -0.2) is 36.8 Å². The lowest BCUT2D eigenvalue weighted by Crippen LogP contribution is -2.31. The normalized spacial score (nSPS) is 21.4. The molecule has 1 N–H and O–H groups in total. The SMILES string of the molecule is COC(=O)C1CC(Oc2cccnc2)CN1.Cl.Cl. The van der Waals surface area contributed by atoms with Gasteiger partial charge in [0.25, 0.3) is 0 Å². The molecule has 7 heteroatoms. The van der Waals surface area contributed by atoms with Gasteiger partial charge in [0.1, 0.15) is 17.9 Å². The molecule has 0 saturated carbocycles. The highest BCUT2D eigenvalue weighted by atomic mass is 35.5. The number of aromatic nitrogens is 1. The summed E-state index contributed by atoms with van der Waals surface area (Å²) in [7, 11) is 1.39. The van der Waals surface area contributed by atoms with Crippen LogP contribution >= 0.6 is 24.8 Å². The van der Waals surface area contributed by atoms with Crippen molar-refractivity contribution < 1.29 is 14.3 Å². The molecule has 2 rings (SSSR count). The third-order valence-electron chi connectivity index (χ3n) is 2.51. The minimum Gasteiger partial charge on any atom is -0.487 e. The average molecular weight is 295 g/mol. The number of hydrogen-bond donors (Lipinski definition) is 1. The first-order valence-electron chi connectivity index (χ1n) is 5.17. The van der Waals surface area contributed by atoms with E-state index >= 15 is 0 Å². The van der Waals surface area contributed by atoms with E-state index in [-0.39, 0.29) is 42.9 Å². The Bertz CT molecular complexity index is 365. The first-order chi connectivity index (χ1) is 7.79. The van der Waals surface area contributed by atoms with E-state index in [1.54, 1.807) is 12.4 Å². The van der Waals surface area contributed by atoms with Crippen LogP contribution in [0.1, 0.15) is 6.42 Å². The molecule has 0 bridgehead atoms. The number of carbonyl (C=O) groups is 1. The zero-order chi connectivity index (χ0) is 11.4. The zero-order valence-corrected chi connectivity index (χ0v) is 11.5. The van der Waals surface area contributed by atoms with Crippen LogP contribution in [0.15, 0.2) is 24.5 Å². The molecule has 5 nitrogen and oxygen atoms in total. The Morgan fingerprint density at radius 1 is 1.50 bits per heavy atom. The molecule has 2 unspecified atom stereocenters. The van der Waals surface area contributed by atoms with E-state index in [1.165, 1.54) is 7.11 Å². The van der Waals surface area contributed by atoms with E-state index in [0.29, 0.717) is 13.0 Å². The van der Waals surface area contributed by atoms with E-state index in [1.807, 2.05) is 12.1 Å². The van der Waals surface area contributed by atoms with Crippen molar-refractivity contribution in [1.29, 1.82) is 0 Å². The highest BCUT2D eigenvalue weighted by molar-refractivity contribution is 5.85. The Morgan fingerprint density at radius 2 is 2.28 bits per heavy atom. The molecule has 1 saturated heterocycles. The number of halogens is 2. The maximum absolute atomic E-state index is 11.3. The monoisotopic (exact) mass is 294 g/mol. The van der Waals surface area contributed by atoms with Crippen LogP contribution in [0, 0.1) is 0 Å². The van der Waals surface area contributed by atoms with Crippen LogP contribution in [-0.2, 0) is 9.53 Å². The third kappa shape index (κ3) is 4.33. The summed E-state index contributed by atoms with van der Waals surface area (Å²) in [4.78, 5) is 15.2. The van der Waals surface area contributed by atoms with Crippen LogP contribution in [0.4, 0.5) is 0 Å². The van der Waals surface area contributed by atoms with Crippen molar-refractivity contribution in [2.75, 3.05) is 13.7 Å². The van der Waals surface area contributed by atoms with Crippen LogP contribution in [0.5, 0.6) is 5.75 Å². The molecule has 0 spiro atoms. The number of methoxy groups -OCH3 is 1. The highest BCUT2D eigenvalue weighted by Gasteiger charge is 2.31. The fraction of sp³-hybridized carbons (Fsp3) is 0.455. The van der Waals surface area contributed by atoms with Crippen LogP contribution in [0.25, 0.3) is 0 Å². The van der Waals surface area contributed by atoms with Gasteiger partial charge in [-0.2, -0.15) is 0 Å². The molecule has 0 amide bonds. The van der Waals surface area contributed by atoms with Gasteiger partial charge in [0, 0.05) is 19.2 Å². The molecule has 0 aromatic carbocycles. The summed E-state index contributed by atoms with van der Waals surface area (Å²) in [6.07, 6.45) is 3.97. The Kier molecular flexibility index (Phi) is 7.66. The first kappa shape index (κ1) is 17.0. The summed E-state index contributed by atoms with van der Waals surface area (Å²) < 4.78 is 10.3. The van der Waals surface area contributed by atoms with Gasteiger partial charge in [-0.15, -0.1) is 24.8 Å². The van der Waals surface area contributed by atoms with Crippen molar-refractivity contribution in [2.45, 2.75) is 18.6 Å².